The summed E-state index contributed by atoms with van der Waals surface area (Å²) < 4.78 is 1.97. The van der Waals surface area contributed by atoms with Gasteiger partial charge in [-0.05, 0) is 12.8 Å². The molecule has 1 saturated carbocycles. The van der Waals surface area contributed by atoms with Crippen LogP contribution in [0.5, 0.6) is 0 Å². The highest BCUT2D eigenvalue weighted by Crippen LogP contribution is 2.39. The van der Waals surface area contributed by atoms with E-state index in [0.717, 1.165) is 24.2 Å². The second kappa shape index (κ2) is 3.07. The van der Waals surface area contributed by atoms with Gasteiger partial charge in [0.15, 0.2) is 0 Å². The number of fused-ring (bicyclic) bond motifs is 1. The first-order valence-electron chi connectivity index (χ1n) is 4.89. The van der Waals surface area contributed by atoms with E-state index in [0.29, 0.717) is 10.9 Å². The maximum absolute atomic E-state index is 6.02. The number of aromatic nitrogens is 3. The monoisotopic (exact) mass is 219 g/mol. The molecule has 76 valence electrons. The summed E-state index contributed by atoms with van der Waals surface area (Å²) in [6.45, 7) is 3.94. The number of allylic oxidation sites excluding steroid dienone is 1. The molecular formula is C11H10ClN3. The first kappa shape index (κ1) is 8.92. The van der Waals surface area contributed by atoms with E-state index in [4.69, 9.17) is 11.6 Å². The molecule has 0 radical (unpaired) electrons. The van der Waals surface area contributed by atoms with Crippen molar-refractivity contribution in [2.45, 2.75) is 18.8 Å². The summed E-state index contributed by atoms with van der Waals surface area (Å²) in [6.07, 6.45) is 7.28. The quantitative estimate of drug-likeness (QED) is 0.691. The summed E-state index contributed by atoms with van der Waals surface area (Å²) in [5.74, 6) is 1.53. The Kier molecular flexibility index (Phi) is 1.83. The van der Waals surface area contributed by atoms with Crippen molar-refractivity contribution < 1.29 is 0 Å². The van der Waals surface area contributed by atoms with Gasteiger partial charge in [0.05, 0.1) is 16.7 Å². The van der Waals surface area contributed by atoms with Gasteiger partial charge in [0.1, 0.15) is 12.2 Å². The van der Waals surface area contributed by atoms with Crippen LogP contribution in [0.2, 0.25) is 5.02 Å². The highest BCUT2D eigenvalue weighted by atomic mass is 35.5. The normalized spacial score (nSPS) is 17.0. The number of halogens is 1. The van der Waals surface area contributed by atoms with Crippen LogP contribution in [0, 0.1) is 0 Å². The van der Waals surface area contributed by atoms with Crippen molar-refractivity contribution in [1.82, 2.24) is 14.4 Å². The lowest BCUT2D eigenvalue weighted by atomic mass is 9.80. The van der Waals surface area contributed by atoms with Crippen molar-refractivity contribution in [3.05, 3.63) is 41.7 Å². The molecule has 3 rings (SSSR count). The summed E-state index contributed by atoms with van der Waals surface area (Å²) in [7, 11) is 0. The summed E-state index contributed by atoms with van der Waals surface area (Å²) in [5.41, 5.74) is 2.23. The predicted molar refractivity (Wildman–Crippen MR) is 59.1 cm³/mol. The van der Waals surface area contributed by atoms with Gasteiger partial charge in [0, 0.05) is 12.1 Å². The third-order valence-corrected chi connectivity index (χ3v) is 3.17. The van der Waals surface area contributed by atoms with Crippen molar-refractivity contribution in [3.63, 3.8) is 0 Å². The first-order valence-corrected chi connectivity index (χ1v) is 5.26. The van der Waals surface area contributed by atoms with Gasteiger partial charge in [-0.15, -0.1) is 0 Å². The molecule has 2 heterocycles. The number of imidazole rings is 1. The summed E-state index contributed by atoms with van der Waals surface area (Å²) in [6, 6.07) is 0. The molecule has 4 heteroatoms. The molecule has 0 aromatic carbocycles. The van der Waals surface area contributed by atoms with Crippen molar-refractivity contribution >= 4 is 17.1 Å². The lowest BCUT2D eigenvalue weighted by Crippen LogP contribution is -2.15. The maximum Gasteiger partial charge on any atom is 0.118 e. The third-order valence-electron chi connectivity index (χ3n) is 2.88. The standard InChI is InChI=1S/C11H10ClN3/c1-7-2-8(3-7)11-14-5-10-9(12)4-13-6-15(10)11/h4-6,8H,1-3H2. The molecule has 0 bridgehead atoms. The molecule has 15 heavy (non-hydrogen) atoms. The van der Waals surface area contributed by atoms with Gasteiger partial charge in [-0.1, -0.05) is 23.8 Å². The fourth-order valence-corrected chi connectivity index (χ4v) is 2.22. The van der Waals surface area contributed by atoms with Crippen LogP contribution < -0.4 is 0 Å². The summed E-state index contributed by atoms with van der Waals surface area (Å²) >= 11 is 6.02. The Labute approximate surface area is 92.4 Å². The first-order chi connectivity index (χ1) is 7.25. The second-order valence-corrected chi connectivity index (χ2v) is 4.38. The van der Waals surface area contributed by atoms with Gasteiger partial charge in [-0.3, -0.25) is 4.40 Å². The molecule has 0 saturated heterocycles. The largest absolute Gasteiger partial charge is 0.285 e. The zero-order valence-electron chi connectivity index (χ0n) is 8.15. The van der Waals surface area contributed by atoms with Gasteiger partial charge >= 0.3 is 0 Å². The second-order valence-electron chi connectivity index (χ2n) is 3.97. The molecule has 1 aliphatic carbocycles. The minimum Gasteiger partial charge on any atom is -0.285 e. The molecule has 0 atom stereocenters. The number of hydrogen-bond donors (Lipinski definition) is 0. The molecule has 0 spiro atoms. The Morgan fingerprint density at radius 2 is 2.20 bits per heavy atom. The van der Waals surface area contributed by atoms with Crippen LogP contribution in [0.1, 0.15) is 24.6 Å². The Morgan fingerprint density at radius 3 is 2.93 bits per heavy atom. The van der Waals surface area contributed by atoms with E-state index in [1.807, 2.05) is 4.40 Å². The van der Waals surface area contributed by atoms with Crippen LogP contribution in [0.4, 0.5) is 0 Å². The molecule has 2 aromatic heterocycles. The molecular weight excluding hydrogens is 210 g/mol. The van der Waals surface area contributed by atoms with Crippen LogP contribution >= 0.6 is 11.6 Å². The van der Waals surface area contributed by atoms with Crippen LogP contribution in [-0.2, 0) is 0 Å². The van der Waals surface area contributed by atoms with E-state index in [1.54, 1.807) is 18.7 Å². The fourth-order valence-electron chi connectivity index (χ4n) is 2.03. The summed E-state index contributed by atoms with van der Waals surface area (Å²) in [4.78, 5) is 8.48. The van der Waals surface area contributed by atoms with Crippen LogP contribution in [0.3, 0.4) is 0 Å². The van der Waals surface area contributed by atoms with Gasteiger partial charge in [-0.25, -0.2) is 9.97 Å². The van der Waals surface area contributed by atoms with Gasteiger partial charge in [0.2, 0.25) is 0 Å². The fraction of sp³-hybridized carbons (Fsp3) is 0.273. The van der Waals surface area contributed by atoms with Gasteiger partial charge in [0.25, 0.3) is 0 Å². The van der Waals surface area contributed by atoms with Crippen LogP contribution in [0.15, 0.2) is 30.9 Å². The average Bonchev–Trinajstić information content (AvgIpc) is 2.58. The van der Waals surface area contributed by atoms with E-state index in [1.165, 1.54) is 5.57 Å². The van der Waals surface area contributed by atoms with Crippen LogP contribution in [-0.4, -0.2) is 14.4 Å². The Bertz CT molecular complexity index is 536. The highest BCUT2D eigenvalue weighted by Gasteiger charge is 2.27. The molecule has 0 unspecified atom stereocenters. The van der Waals surface area contributed by atoms with E-state index in [2.05, 4.69) is 16.5 Å². The molecule has 0 amide bonds. The number of rotatable bonds is 1. The molecule has 0 aliphatic heterocycles. The van der Waals surface area contributed by atoms with Gasteiger partial charge < -0.3 is 0 Å². The molecule has 0 N–H and O–H groups in total. The smallest absolute Gasteiger partial charge is 0.118 e. The Balaban J connectivity index is 2.12. The zero-order valence-corrected chi connectivity index (χ0v) is 8.91. The highest BCUT2D eigenvalue weighted by molar-refractivity contribution is 6.33. The van der Waals surface area contributed by atoms with Crippen LogP contribution in [0.25, 0.3) is 5.52 Å². The molecule has 1 aliphatic rings. The van der Waals surface area contributed by atoms with E-state index < -0.39 is 0 Å². The lowest BCUT2D eigenvalue weighted by molar-refractivity contribution is 0.520. The molecule has 3 nitrogen and oxygen atoms in total. The topological polar surface area (TPSA) is 30.2 Å². The van der Waals surface area contributed by atoms with E-state index in [-0.39, 0.29) is 0 Å². The van der Waals surface area contributed by atoms with E-state index >= 15 is 0 Å². The number of nitrogens with zero attached hydrogens (tertiary/aromatic N) is 3. The third kappa shape index (κ3) is 1.27. The van der Waals surface area contributed by atoms with Crippen molar-refractivity contribution in [3.8, 4) is 0 Å². The number of hydrogen-bond acceptors (Lipinski definition) is 2. The minimum absolute atomic E-state index is 0.486. The average molecular weight is 220 g/mol. The zero-order chi connectivity index (χ0) is 10.4. The van der Waals surface area contributed by atoms with Crippen molar-refractivity contribution in [2.75, 3.05) is 0 Å². The van der Waals surface area contributed by atoms with Crippen molar-refractivity contribution in [2.24, 2.45) is 0 Å². The lowest BCUT2D eigenvalue weighted by Gasteiger charge is -2.26. The van der Waals surface area contributed by atoms with Crippen molar-refractivity contribution in [1.29, 1.82) is 0 Å². The molecule has 2 aromatic rings. The summed E-state index contributed by atoms with van der Waals surface area (Å²) in [5, 5.41) is 0.648. The predicted octanol–water partition coefficient (Wildman–Crippen LogP) is 2.82. The van der Waals surface area contributed by atoms with Gasteiger partial charge in [-0.2, -0.15) is 0 Å². The molecule has 1 fully saturated rings. The van der Waals surface area contributed by atoms with E-state index in [9.17, 15) is 0 Å². The maximum atomic E-state index is 6.02. The Hall–Kier alpha value is -1.35. The minimum atomic E-state index is 0.486. The Morgan fingerprint density at radius 1 is 1.40 bits per heavy atom. The SMILES string of the molecule is C=C1CC(c2ncc3c(Cl)cncn23)C1.